The van der Waals surface area contributed by atoms with Gasteiger partial charge in [0.05, 0.1) is 11.4 Å². The van der Waals surface area contributed by atoms with Crippen molar-refractivity contribution in [1.29, 1.82) is 0 Å². The molecule has 1 aromatic carbocycles. The monoisotopic (exact) mass is 311 g/mol. The number of nitrogens with two attached hydrogens (primary N) is 1. The van der Waals surface area contributed by atoms with E-state index >= 15 is 0 Å². The van der Waals surface area contributed by atoms with Crippen LogP contribution in [0, 0.1) is 6.92 Å². The van der Waals surface area contributed by atoms with Crippen molar-refractivity contribution >= 4 is 11.5 Å². The minimum absolute atomic E-state index is 0.518. The molecule has 4 N–H and O–H groups in total. The maximum Gasteiger partial charge on any atom is 0.153 e. The maximum absolute atomic E-state index is 6.08. The molecule has 0 saturated carbocycles. The van der Waals surface area contributed by atoms with Crippen molar-refractivity contribution in [3.05, 3.63) is 46.9 Å². The van der Waals surface area contributed by atoms with E-state index in [0.717, 1.165) is 30.3 Å². The highest BCUT2D eigenvalue weighted by Gasteiger charge is 2.15. The molecule has 1 unspecified atom stereocenters. The first-order valence-corrected chi connectivity index (χ1v) is 8.36. The van der Waals surface area contributed by atoms with Crippen molar-refractivity contribution in [1.82, 2.24) is 15.3 Å². The number of anilines is 2. The molecule has 1 aliphatic rings. The van der Waals surface area contributed by atoms with Crippen molar-refractivity contribution in [3.63, 3.8) is 0 Å². The molecule has 122 valence electrons. The van der Waals surface area contributed by atoms with Gasteiger partial charge in [-0.25, -0.2) is 9.97 Å². The van der Waals surface area contributed by atoms with Crippen LogP contribution in [0.4, 0.5) is 11.5 Å². The van der Waals surface area contributed by atoms with Gasteiger partial charge in [-0.3, -0.25) is 0 Å². The fourth-order valence-electron chi connectivity index (χ4n) is 2.95. The molecule has 1 aromatic heterocycles. The molecule has 1 atom stereocenters. The van der Waals surface area contributed by atoms with E-state index in [1.807, 2.05) is 13.8 Å². The van der Waals surface area contributed by atoms with Crippen LogP contribution in [0.5, 0.6) is 0 Å². The highest BCUT2D eigenvalue weighted by molar-refractivity contribution is 5.63. The summed E-state index contributed by atoms with van der Waals surface area (Å²) in [6.07, 6.45) is 3.30. The summed E-state index contributed by atoms with van der Waals surface area (Å²) in [5, 5.41) is 6.87. The van der Waals surface area contributed by atoms with Crippen LogP contribution in [-0.2, 0) is 13.0 Å². The van der Waals surface area contributed by atoms with E-state index in [1.165, 1.54) is 24.0 Å². The van der Waals surface area contributed by atoms with Crippen LogP contribution in [0.15, 0.2) is 24.3 Å². The van der Waals surface area contributed by atoms with Gasteiger partial charge in [-0.2, -0.15) is 0 Å². The molecule has 2 aromatic rings. The van der Waals surface area contributed by atoms with Gasteiger partial charge in [-0.1, -0.05) is 31.2 Å². The normalized spacial score (nSPS) is 17.4. The van der Waals surface area contributed by atoms with Crippen LogP contribution in [0.25, 0.3) is 0 Å². The van der Waals surface area contributed by atoms with Crippen molar-refractivity contribution in [3.8, 4) is 0 Å². The van der Waals surface area contributed by atoms with Gasteiger partial charge in [0.2, 0.25) is 0 Å². The molecule has 2 heterocycles. The molecule has 0 amide bonds. The Morgan fingerprint density at radius 1 is 1.26 bits per heavy atom. The quantitative estimate of drug-likeness (QED) is 0.791. The summed E-state index contributed by atoms with van der Waals surface area (Å²) >= 11 is 0. The van der Waals surface area contributed by atoms with Crippen LogP contribution in [-0.4, -0.2) is 16.5 Å². The molecule has 0 radical (unpaired) electrons. The van der Waals surface area contributed by atoms with E-state index in [2.05, 4.69) is 44.9 Å². The molecule has 1 fully saturated rings. The standard InChI is InChI=1S/C18H25N5/c1-3-16-22-12(2)17(19)18(23-16)21-11-13-6-8-14(9-7-13)15-5-4-10-20-15/h6-9,15,20H,3-5,10-11,19H2,1-2H3,(H,21,22,23). The Labute approximate surface area is 137 Å². The third kappa shape index (κ3) is 3.62. The first-order chi connectivity index (χ1) is 11.2. The van der Waals surface area contributed by atoms with E-state index in [9.17, 15) is 0 Å². The Kier molecular flexibility index (Phi) is 4.76. The summed E-state index contributed by atoms with van der Waals surface area (Å²) in [5.74, 6) is 1.55. The van der Waals surface area contributed by atoms with Gasteiger partial charge in [0, 0.05) is 19.0 Å². The van der Waals surface area contributed by atoms with Gasteiger partial charge in [-0.15, -0.1) is 0 Å². The minimum Gasteiger partial charge on any atom is -0.394 e. The predicted octanol–water partition coefficient (Wildman–Crippen LogP) is 2.97. The zero-order chi connectivity index (χ0) is 16.2. The second-order valence-corrected chi connectivity index (χ2v) is 6.09. The largest absolute Gasteiger partial charge is 0.394 e. The summed E-state index contributed by atoms with van der Waals surface area (Å²) in [4.78, 5) is 8.87. The first-order valence-electron chi connectivity index (χ1n) is 8.36. The van der Waals surface area contributed by atoms with Crippen LogP contribution in [0.3, 0.4) is 0 Å². The average molecular weight is 311 g/mol. The van der Waals surface area contributed by atoms with Crippen molar-refractivity contribution < 1.29 is 0 Å². The van der Waals surface area contributed by atoms with Crippen molar-refractivity contribution in [2.45, 2.75) is 45.7 Å². The van der Waals surface area contributed by atoms with E-state index in [1.54, 1.807) is 0 Å². The number of nitrogens with zero attached hydrogens (tertiary/aromatic N) is 2. The Hall–Kier alpha value is -2.14. The fraction of sp³-hybridized carbons (Fsp3) is 0.444. The summed E-state index contributed by atoms with van der Waals surface area (Å²) in [6.45, 7) is 5.80. The van der Waals surface area contributed by atoms with Crippen LogP contribution >= 0.6 is 0 Å². The molecule has 3 rings (SSSR count). The lowest BCUT2D eigenvalue weighted by Gasteiger charge is -2.13. The predicted molar refractivity (Wildman–Crippen MR) is 94.3 cm³/mol. The third-order valence-corrected chi connectivity index (χ3v) is 4.40. The molecule has 5 nitrogen and oxygen atoms in total. The number of rotatable bonds is 5. The molecule has 5 heteroatoms. The van der Waals surface area contributed by atoms with Crippen molar-refractivity contribution in [2.75, 3.05) is 17.6 Å². The lowest BCUT2D eigenvalue weighted by Crippen LogP contribution is -2.13. The second-order valence-electron chi connectivity index (χ2n) is 6.09. The van der Waals surface area contributed by atoms with Crippen LogP contribution < -0.4 is 16.4 Å². The Balaban J connectivity index is 1.67. The number of nitrogens with one attached hydrogen (secondary N) is 2. The van der Waals surface area contributed by atoms with E-state index in [4.69, 9.17) is 5.73 Å². The maximum atomic E-state index is 6.08. The number of nitrogen functional groups attached to an aromatic ring is 1. The summed E-state index contributed by atoms with van der Waals surface area (Å²) < 4.78 is 0. The highest BCUT2D eigenvalue weighted by Crippen LogP contribution is 2.24. The zero-order valence-electron chi connectivity index (χ0n) is 13.9. The first kappa shape index (κ1) is 15.7. The van der Waals surface area contributed by atoms with E-state index < -0.39 is 0 Å². The van der Waals surface area contributed by atoms with Crippen molar-refractivity contribution in [2.24, 2.45) is 0 Å². The summed E-state index contributed by atoms with van der Waals surface area (Å²) in [5.41, 5.74) is 10.1. The number of hydrogen-bond donors (Lipinski definition) is 3. The van der Waals surface area contributed by atoms with Crippen LogP contribution in [0.1, 0.15) is 48.5 Å². The molecule has 23 heavy (non-hydrogen) atoms. The Morgan fingerprint density at radius 2 is 2.04 bits per heavy atom. The SMILES string of the molecule is CCc1nc(C)c(N)c(NCc2ccc(C3CCCN3)cc2)n1. The van der Waals surface area contributed by atoms with Gasteiger partial charge >= 0.3 is 0 Å². The van der Waals surface area contributed by atoms with E-state index in [-0.39, 0.29) is 0 Å². The van der Waals surface area contributed by atoms with Gasteiger partial charge in [0.1, 0.15) is 5.82 Å². The molecule has 1 aliphatic heterocycles. The lowest BCUT2D eigenvalue weighted by molar-refractivity contribution is 0.647. The molecule has 0 spiro atoms. The van der Waals surface area contributed by atoms with Gasteiger partial charge in [0.15, 0.2) is 5.82 Å². The molecular formula is C18H25N5. The average Bonchev–Trinajstić information content (AvgIpc) is 3.11. The number of benzene rings is 1. The fourth-order valence-corrected chi connectivity index (χ4v) is 2.95. The number of aromatic nitrogens is 2. The van der Waals surface area contributed by atoms with Crippen LogP contribution in [0.2, 0.25) is 0 Å². The molecule has 0 bridgehead atoms. The molecule has 0 aliphatic carbocycles. The minimum atomic E-state index is 0.518. The molecular weight excluding hydrogens is 286 g/mol. The zero-order valence-corrected chi connectivity index (χ0v) is 13.9. The molecule has 1 saturated heterocycles. The summed E-state index contributed by atoms with van der Waals surface area (Å²) in [7, 11) is 0. The Morgan fingerprint density at radius 3 is 2.70 bits per heavy atom. The third-order valence-electron chi connectivity index (χ3n) is 4.40. The number of hydrogen-bond acceptors (Lipinski definition) is 5. The summed E-state index contributed by atoms with van der Waals surface area (Å²) in [6, 6.07) is 9.29. The lowest BCUT2D eigenvalue weighted by atomic mass is 10.0. The Bertz CT molecular complexity index is 660. The van der Waals surface area contributed by atoms with Gasteiger partial charge in [0.25, 0.3) is 0 Å². The number of aryl methyl sites for hydroxylation is 2. The highest BCUT2D eigenvalue weighted by atomic mass is 15.1. The van der Waals surface area contributed by atoms with Gasteiger partial charge < -0.3 is 16.4 Å². The van der Waals surface area contributed by atoms with E-state index in [0.29, 0.717) is 18.3 Å². The smallest absolute Gasteiger partial charge is 0.153 e. The second kappa shape index (κ2) is 6.96. The topological polar surface area (TPSA) is 75.9 Å². The van der Waals surface area contributed by atoms with Gasteiger partial charge in [-0.05, 0) is 37.4 Å².